The number of carbonyl (C=O) groups excluding carboxylic acids is 2. The van der Waals surface area contributed by atoms with E-state index in [1.54, 1.807) is 0 Å². The van der Waals surface area contributed by atoms with Gasteiger partial charge < -0.3 is 10.1 Å². The zero-order valence-electron chi connectivity index (χ0n) is 12.6. The first-order valence-corrected chi connectivity index (χ1v) is 8.07. The summed E-state index contributed by atoms with van der Waals surface area (Å²) < 4.78 is 6.15. The molecule has 2 aliphatic rings. The first-order valence-electron chi connectivity index (χ1n) is 7.70. The quantitative estimate of drug-likeness (QED) is 0.873. The van der Waals surface area contributed by atoms with Crippen molar-refractivity contribution in [2.24, 2.45) is 0 Å². The standard InChI is InChI=1S/C16H16ClN3O3/c1-23-16(22)14-13(17)11-6-9(8-2-3-8)7-12(20(11)19-14)15(21)18-10-4-5-10/h6-8,10H,2-5H2,1H3,(H,18,21). The van der Waals surface area contributed by atoms with Gasteiger partial charge in [0.2, 0.25) is 0 Å². The van der Waals surface area contributed by atoms with Crippen LogP contribution in [0.5, 0.6) is 0 Å². The van der Waals surface area contributed by atoms with Crippen LogP contribution in [0.3, 0.4) is 0 Å². The van der Waals surface area contributed by atoms with Gasteiger partial charge in [-0.15, -0.1) is 0 Å². The summed E-state index contributed by atoms with van der Waals surface area (Å²) >= 11 is 6.31. The molecule has 0 aliphatic heterocycles. The van der Waals surface area contributed by atoms with Crippen LogP contribution in [0, 0.1) is 0 Å². The lowest BCUT2D eigenvalue weighted by atomic mass is 10.1. The van der Waals surface area contributed by atoms with Crippen LogP contribution in [0.1, 0.15) is 58.1 Å². The Labute approximate surface area is 137 Å². The molecule has 2 aromatic heterocycles. The highest BCUT2D eigenvalue weighted by Crippen LogP contribution is 2.41. The number of ether oxygens (including phenoxy) is 1. The lowest BCUT2D eigenvalue weighted by Crippen LogP contribution is -2.27. The Morgan fingerprint density at radius 3 is 2.65 bits per heavy atom. The van der Waals surface area contributed by atoms with Crippen LogP contribution in [0.25, 0.3) is 5.52 Å². The van der Waals surface area contributed by atoms with E-state index in [0.29, 0.717) is 17.1 Å². The van der Waals surface area contributed by atoms with Crippen LogP contribution >= 0.6 is 11.6 Å². The highest BCUT2D eigenvalue weighted by atomic mass is 35.5. The number of methoxy groups -OCH3 is 1. The van der Waals surface area contributed by atoms with Gasteiger partial charge in [-0.2, -0.15) is 5.10 Å². The van der Waals surface area contributed by atoms with E-state index in [1.807, 2.05) is 12.1 Å². The van der Waals surface area contributed by atoms with Crippen LogP contribution in [-0.4, -0.2) is 34.6 Å². The molecule has 6 nitrogen and oxygen atoms in total. The summed E-state index contributed by atoms with van der Waals surface area (Å²) in [6, 6.07) is 4.01. The van der Waals surface area contributed by atoms with Gasteiger partial charge in [0.05, 0.1) is 12.6 Å². The summed E-state index contributed by atoms with van der Waals surface area (Å²) in [7, 11) is 1.28. The minimum Gasteiger partial charge on any atom is -0.464 e. The van der Waals surface area contributed by atoms with Crippen LogP contribution in [0.15, 0.2) is 12.1 Å². The second-order valence-corrected chi connectivity index (χ2v) is 6.53. The lowest BCUT2D eigenvalue weighted by Gasteiger charge is -2.08. The molecule has 0 radical (unpaired) electrons. The summed E-state index contributed by atoms with van der Waals surface area (Å²) in [6.45, 7) is 0. The van der Waals surface area contributed by atoms with Gasteiger partial charge in [-0.05, 0) is 49.3 Å². The number of nitrogens with zero attached hydrogens (tertiary/aromatic N) is 2. The molecule has 2 aromatic rings. The van der Waals surface area contributed by atoms with Crippen LogP contribution in [0.2, 0.25) is 5.02 Å². The maximum absolute atomic E-state index is 12.5. The number of halogens is 1. The van der Waals surface area contributed by atoms with Crippen LogP contribution in [-0.2, 0) is 4.74 Å². The summed E-state index contributed by atoms with van der Waals surface area (Å²) in [5, 5.41) is 7.39. The van der Waals surface area contributed by atoms with Crippen molar-refractivity contribution in [3.05, 3.63) is 34.1 Å². The maximum atomic E-state index is 12.5. The minimum absolute atomic E-state index is 0.0302. The van der Waals surface area contributed by atoms with Gasteiger partial charge in [-0.1, -0.05) is 11.6 Å². The van der Waals surface area contributed by atoms with Gasteiger partial charge in [0, 0.05) is 6.04 Å². The van der Waals surface area contributed by atoms with Crippen molar-refractivity contribution < 1.29 is 14.3 Å². The van der Waals surface area contributed by atoms with Crippen LogP contribution in [0.4, 0.5) is 0 Å². The number of carbonyl (C=O) groups is 2. The number of fused-ring (bicyclic) bond motifs is 1. The molecule has 4 rings (SSSR count). The highest BCUT2D eigenvalue weighted by molar-refractivity contribution is 6.36. The Kier molecular flexibility index (Phi) is 3.30. The fraction of sp³-hybridized carbons (Fsp3) is 0.438. The van der Waals surface area contributed by atoms with E-state index < -0.39 is 5.97 Å². The number of rotatable bonds is 4. The number of pyridine rings is 1. The molecule has 7 heteroatoms. The second-order valence-electron chi connectivity index (χ2n) is 6.15. The zero-order chi connectivity index (χ0) is 16.1. The topological polar surface area (TPSA) is 72.7 Å². The first-order chi connectivity index (χ1) is 11.1. The van der Waals surface area contributed by atoms with E-state index in [2.05, 4.69) is 10.4 Å². The maximum Gasteiger partial charge on any atom is 0.360 e. The van der Waals surface area contributed by atoms with Gasteiger partial charge in [-0.3, -0.25) is 4.79 Å². The van der Waals surface area contributed by atoms with Crippen molar-refractivity contribution in [3.63, 3.8) is 0 Å². The van der Waals surface area contributed by atoms with Gasteiger partial charge in [-0.25, -0.2) is 9.31 Å². The number of amides is 1. The second kappa shape index (κ2) is 5.23. The van der Waals surface area contributed by atoms with Gasteiger partial charge in [0.15, 0.2) is 5.69 Å². The molecule has 0 aromatic carbocycles. The normalized spacial score (nSPS) is 17.3. The molecule has 0 atom stereocenters. The average molecular weight is 334 g/mol. The SMILES string of the molecule is COC(=O)c1nn2c(C(=O)NC3CC3)cc(C3CC3)cc2c1Cl. The molecule has 0 saturated heterocycles. The third kappa shape index (κ3) is 2.57. The minimum atomic E-state index is -0.611. The summed E-state index contributed by atoms with van der Waals surface area (Å²) in [4.78, 5) is 24.4. The Hall–Kier alpha value is -2.08. The van der Waals surface area contributed by atoms with E-state index in [0.717, 1.165) is 31.2 Å². The van der Waals surface area contributed by atoms with Crippen molar-refractivity contribution in [2.75, 3.05) is 7.11 Å². The predicted molar refractivity (Wildman–Crippen MR) is 84.0 cm³/mol. The van der Waals surface area contributed by atoms with Crippen molar-refractivity contribution in [1.29, 1.82) is 0 Å². The van der Waals surface area contributed by atoms with E-state index in [1.165, 1.54) is 11.6 Å². The van der Waals surface area contributed by atoms with Crippen LogP contribution < -0.4 is 5.32 Å². The fourth-order valence-electron chi connectivity index (χ4n) is 2.67. The molecule has 1 amide bonds. The third-order valence-electron chi connectivity index (χ3n) is 4.27. The van der Waals surface area contributed by atoms with Crippen molar-refractivity contribution in [1.82, 2.24) is 14.9 Å². The molecule has 1 N–H and O–H groups in total. The number of aromatic nitrogens is 2. The summed E-state index contributed by atoms with van der Waals surface area (Å²) in [6.07, 6.45) is 4.22. The monoisotopic (exact) mass is 333 g/mol. The molecule has 0 unspecified atom stereocenters. The molecule has 0 bridgehead atoms. The number of hydrogen-bond donors (Lipinski definition) is 1. The largest absolute Gasteiger partial charge is 0.464 e. The Bertz CT molecular complexity index is 822. The zero-order valence-corrected chi connectivity index (χ0v) is 13.4. The molecule has 2 aliphatic carbocycles. The third-order valence-corrected chi connectivity index (χ3v) is 4.64. The average Bonchev–Trinajstić information content (AvgIpc) is 3.45. The molecule has 2 fully saturated rings. The Morgan fingerprint density at radius 2 is 2.04 bits per heavy atom. The molecular weight excluding hydrogens is 318 g/mol. The number of nitrogens with one attached hydrogen (secondary N) is 1. The fourth-order valence-corrected chi connectivity index (χ4v) is 2.92. The first kappa shape index (κ1) is 14.5. The van der Waals surface area contributed by atoms with Crippen molar-refractivity contribution in [3.8, 4) is 0 Å². The smallest absolute Gasteiger partial charge is 0.360 e. The van der Waals surface area contributed by atoms with Gasteiger partial charge in [0.1, 0.15) is 10.7 Å². The van der Waals surface area contributed by atoms with E-state index >= 15 is 0 Å². The van der Waals surface area contributed by atoms with Crippen molar-refractivity contribution >= 4 is 29.0 Å². The predicted octanol–water partition coefficient (Wildman–Crippen LogP) is 2.54. The number of esters is 1. The molecule has 0 spiro atoms. The van der Waals surface area contributed by atoms with E-state index in [9.17, 15) is 9.59 Å². The summed E-state index contributed by atoms with van der Waals surface area (Å²) in [5.41, 5.74) is 2.07. The number of hydrogen-bond acceptors (Lipinski definition) is 4. The van der Waals surface area contributed by atoms with Gasteiger partial charge in [0.25, 0.3) is 5.91 Å². The van der Waals surface area contributed by atoms with E-state index in [4.69, 9.17) is 16.3 Å². The summed E-state index contributed by atoms with van der Waals surface area (Å²) in [5.74, 6) is -0.337. The van der Waals surface area contributed by atoms with Gasteiger partial charge >= 0.3 is 5.97 Å². The molecule has 23 heavy (non-hydrogen) atoms. The van der Waals surface area contributed by atoms with Crippen molar-refractivity contribution in [2.45, 2.75) is 37.6 Å². The molecular formula is C16H16ClN3O3. The lowest BCUT2D eigenvalue weighted by molar-refractivity contribution is 0.0593. The highest BCUT2D eigenvalue weighted by Gasteiger charge is 2.30. The molecule has 2 saturated carbocycles. The Balaban J connectivity index is 1.87. The molecule has 2 heterocycles. The molecule has 120 valence electrons. The van der Waals surface area contributed by atoms with E-state index in [-0.39, 0.29) is 22.7 Å². The Morgan fingerprint density at radius 1 is 1.30 bits per heavy atom.